The number of rotatable bonds is 18. The predicted molar refractivity (Wildman–Crippen MR) is 148 cm³/mol. The van der Waals surface area contributed by atoms with Crippen LogP contribution >= 0.6 is 22.6 Å². The molecule has 32 heavy (non-hydrogen) atoms. The molecule has 4 N–H and O–H groups in total. The van der Waals surface area contributed by atoms with Crippen LogP contribution in [0.15, 0.2) is 30.6 Å². The summed E-state index contributed by atoms with van der Waals surface area (Å²) >= 11 is 2.29. The van der Waals surface area contributed by atoms with Gasteiger partial charge >= 0.3 is 0 Å². The molecule has 0 bridgehead atoms. The molecule has 0 saturated heterocycles. The quantitative estimate of drug-likeness (QED) is 0.128. The van der Waals surface area contributed by atoms with Gasteiger partial charge in [-0.3, -0.25) is 0 Å². The zero-order valence-electron chi connectivity index (χ0n) is 19.8. The number of hydrogen-bond donors (Lipinski definition) is 3. The van der Waals surface area contributed by atoms with Gasteiger partial charge in [0.2, 0.25) is 0 Å². The maximum Gasteiger partial charge on any atom is 0.159 e. The van der Waals surface area contributed by atoms with Gasteiger partial charge in [0, 0.05) is 15.8 Å². The van der Waals surface area contributed by atoms with Crippen molar-refractivity contribution in [1.29, 1.82) is 0 Å². The van der Waals surface area contributed by atoms with Gasteiger partial charge in [-0.25, -0.2) is 9.97 Å². The molecule has 1 aromatic heterocycles. The van der Waals surface area contributed by atoms with E-state index >= 15 is 0 Å². The maximum atomic E-state index is 6.27. The van der Waals surface area contributed by atoms with Crippen LogP contribution in [0.1, 0.15) is 96.8 Å². The zero-order chi connectivity index (χ0) is 22.9. The number of halogens is 1. The number of nitrogens with one attached hydrogen (secondary N) is 2. The SMILES string of the molecule is CCCCCCCCCCCCCCCCNc1ncnc(Nc2ccc(I)cc2)c1N. The molecule has 0 fully saturated rings. The number of anilines is 4. The fraction of sp³-hybridized carbons (Fsp3) is 0.615. The van der Waals surface area contributed by atoms with Crippen LogP contribution in [0.2, 0.25) is 0 Å². The summed E-state index contributed by atoms with van der Waals surface area (Å²) in [6.07, 6.45) is 20.8. The Labute approximate surface area is 208 Å². The fourth-order valence-corrected chi connectivity index (χ4v) is 4.19. The lowest BCUT2D eigenvalue weighted by atomic mass is 10.0. The van der Waals surface area contributed by atoms with E-state index in [1.165, 1.54) is 87.0 Å². The molecule has 0 saturated carbocycles. The number of nitrogens with zero attached hydrogens (tertiary/aromatic N) is 2. The van der Waals surface area contributed by atoms with Crippen molar-refractivity contribution in [2.75, 3.05) is 22.9 Å². The molecule has 0 spiro atoms. The molecule has 1 aromatic carbocycles. The highest BCUT2D eigenvalue weighted by Gasteiger charge is 2.08. The van der Waals surface area contributed by atoms with Crippen LogP contribution in [0.4, 0.5) is 23.0 Å². The van der Waals surface area contributed by atoms with Crippen LogP contribution in [-0.2, 0) is 0 Å². The minimum absolute atomic E-state index is 0.566. The van der Waals surface area contributed by atoms with Gasteiger partial charge in [-0.1, -0.05) is 90.4 Å². The summed E-state index contributed by atoms with van der Waals surface area (Å²) in [7, 11) is 0. The van der Waals surface area contributed by atoms with Gasteiger partial charge in [0.05, 0.1) is 0 Å². The second kappa shape index (κ2) is 17.0. The summed E-state index contributed by atoms with van der Waals surface area (Å²) in [4.78, 5) is 8.60. The Bertz CT molecular complexity index is 735. The average molecular weight is 552 g/mol. The van der Waals surface area contributed by atoms with Crippen LogP contribution in [0.5, 0.6) is 0 Å². The second-order valence-electron chi connectivity index (χ2n) is 8.64. The molecule has 2 rings (SSSR count). The normalized spacial score (nSPS) is 10.9. The number of aromatic nitrogens is 2. The van der Waals surface area contributed by atoms with Crippen molar-refractivity contribution in [2.24, 2.45) is 0 Å². The standard InChI is InChI=1S/C26H42IN5/c1-2-3-4-5-6-7-8-9-10-11-12-13-14-15-20-29-25-24(28)26(31-21-30-25)32-23-18-16-22(27)17-19-23/h16-19,21H,2-15,20,28H2,1H3,(H2,29,30,31,32). The number of hydrogen-bond acceptors (Lipinski definition) is 5. The monoisotopic (exact) mass is 551 g/mol. The summed E-state index contributed by atoms with van der Waals surface area (Å²) < 4.78 is 1.19. The lowest BCUT2D eigenvalue weighted by Crippen LogP contribution is -2.09. The molecule has 1 heterocycles. The van der Waals surface area contributed by atoms with Crippen LogP contribution in [0.3, 0.4) is 0 Å². The highest BCUT2D eigenvalue weighted by molar-refractivity contribution is 14.1. The molecule has 0 aliphatic rings. The summed E-state index contributed by atoms with van der Waals surface area (Å²) in [5.41, 5.74) is 7.80. The van der Waals surface area contributed by atoms with E-state index in [2.05, 4.69) is 62.2 Å². The Kier molecular flexibility index (Phi) is 14.2. The molecule has 2 aromatic rings. The molecular weight excluding hydrogens is 509 g/mol. The van der Waals surface area contributed by atoms with Gasteiger partial charge in [0.25, 0.3) is 0 Å². The van der Waals surface area contributed by atoms with Crippen molar-refractivity contribution in [3.63, 3.8) is 0 Å². The van der Waals surface area contributed by atoms with Gasteiger partial charge in [-0.05, 0) is 53.3 Å². The maximum absolute atomic E-state index is 6.27. The van der Waals surface area contributed by atoms with E-state index in [4.69, 9.17) is 5.73 Å². The van der Waals surface area contributed by atoms with E-state index in [-0.39, 0.29) is 0 Å². The van der Waals surface area contributed by atoms with Gasteiger partial charge in [-0.2, -0.15) is 0 Å². The molecule has 6 heteroatoms. The van der Waals surface area contributed by atoms with Crippen molar-refractivity contribution in [3.05, 3.63) is 34.2 Å². The van der Waals surface area contributed by atoms with E-state index in [0.717, 1.165) is 18.7 Å². The molecule has 0 atom stereocenters. The van der Waals surface area contributed by atoms with Gasteiger partial charge in [-0.15, -0.1) is 0 Å². The predicted octanol–water partition coefficient (Wildman–Crippen LogP) is 8.30. The van der Waals surface area contributed by atoms with Crippen molar-refractivity contribution in [1.82, 2.24) is 9.97 Å². The van der Waals surface area contributed by atoms with E-state index in [9.17, 15) is 0 Å². The van der Waals surface area contributed by atoms with E-state index in [1.807, 2.05) is 12.1 Å². The first-order valence-corrected chi connectivity index (χ1v) is 13.7. The smallest absolute Gasteiger partial charge is 0.159 e. The van der Waals surface area contributed by atoms with Crippen molar-refractivity contribution in [2.45, 2.75) is 96.8 Å². The number of unbranched alkanes of at least 4 members (excludes halogenated alkanes) is 13. The van der Waals surface area contributed by atoms with E-state index < -0.39 is 0 Å². The van der Waals surface area contributed by atoms with Crippen molar-refractivity contribution >= 4 is 45.6 Å². The van der Waals surface area contributed by atoms with E-state index in [1.54, 1.807) is 6.33 Å². The zero-order valence-corrected chi connectivity index (χ0v) is 22.0. The average Bonchev–Trinajstić information content (AvgIpc) is 2.80. The lowest BCUT2D eigenvalue weighted by Gasteiger charge is -2.12. The van der Waals surface area contributed by atoms with Gasteiger partial charge < -0.3 is 16.4 Å². The molecule has 0 amide bonds. The first kappa shape index (κ1) is 26.7. The number of nitrogen functional groups attached to an aromatic ring is 1. The Balaban J connectivity index is 1.50. The third-order valence-corrected chi connectivity index (χ3v) is 6.53. The first-order valence-electron chi connectivity index (χ1n) is 12.6. The molecule has 0 unspecified atom stereocenters. The molecule has 5 nitrogen and oxygen atoms in total. The van der Waals surface area contributed by atoms with Crippen LogP contribution in [0.25, 0.3) is 0 Å². The Morgan fingerprint density at radius 1 is 0.719 bits per heavy atom. The lowest BCUT2D eigenvalue weighted by molar-refractivity contribution is 0.537. The minimum Gasteiger partial charge on any atom is -0.393 e. The summed E-state index contributed by atoms with van der Waals surface area (Å²) in [6, 6.07) is 8.14. The fourth-order valence-electron chi connectivity index (χ4n) is 3.83. The molecular formula is C26H42IN5. The van der Waals surface area contributed by atoms with Crippen molar-refractivity contribution in [3.8, 4) is 0 Å². The Hall–Kier alpha value is -1.57. The van der Waals surface area contributed by atoms with Crippen molar-refractivity contribution < 1.29 is 0 Å². The highest BCUT2D eigenvalue weighted by Crippen LogP contribution is 2.26. The molecule has 178 valence electrons. The molecule has 0 aliphatic carbocycles. The van der Waals surface area contributed by atoms with Crippen LogP contribution in [0, 0.1) is 3.57 Å². The van der Waals surface area contributed by atoms with Crippen LogP contribution < -0.4 is 16.4 Å². The largest absolute Gasteiger partial charge is 0.393 e. The number of nitrogens with two attached hydrogens (primary N) is 1. The molecule has 0 aliphatic heterocycles. The summed E-state index contributed by atoms with van der Waals surface area (Å²) in [6.45, 7) is 3.17. The highest BCUT2D eigenvalue weighted by atomic mass is 127. The Morgan fingerprint density at radius 2 is 1.22 bits per heavy atom. The molecule has 0 radical (unpaired) electrons. The third-order valence-electron chi connectivity index (χ3n) is 5.81. The van der Waals surface area contributed by atoms with Gasteiger partial charge in [0.15, 0.2) is 11.6 Å². The Morgan fingerprint density at radius 3 is 1.78 bits per heavy atom. The summed E-state index contributed by atoms with van der Waals surface area (Å²) in [5, 5.41) is 6.65. The van der Waals surface area contributed by atoms with E-state index in [0.29, 0.717) is 17.3 Å². The number of benzene rings is 1. The second-order valence-corrected chi connectivity index (χ2v) is 9.89. The van der Waals surface area contributed by atoms with Gasteiger partial charge in [0.1, 0.15) is 12.0 Å². The van der Waals surface area contributed by atoms with Crippen LogP contribution in [-0.4, -0.2) is 16.5 Å². The third kappa shape index (κ3) is 11.3. The summed E-state index contributed by atoms with van der Waals surface area (Å²) in [5.74, 6) is 1.35. The minimum atomic E-state index is 0.566. The topological polar surface area (TPSA) is 75.9 Å². The first-order chi connectivity index (χ1) is 15.7.